The van der Waals surface area contributed by atoms with Gasteiger partial charge in [0.25, 0.3) is 0 Å². The summed E-state index contributed by atoms with van der Waals surface area (Å²) >= 11 is 5.26. The maximum absolute atomic E-state index is 12.4. The molecular weight excluding hydrogens is 318 g/mol. The summed E-state index contributed by atoms with van der Waals surface area (Å²) in [5, 5.41) is 7.15. The molecule has 136 valence electrons. The van der Waals surface area contributed by atoms with Gasteiger partial charge >= 0.3 is 0 Å². The molecule has 0 aromatic heterocycles. The quantitative estimate of drug-likeness (QED) is 0.453. The van der Waals surface area contributed by atoms with Crippen LogP contribution in [0.4, 0.5) is 0 Å². The number of nitrogens with zero attached hydrogens (tertiary/aromatic N) is 1. The number of fused-ring (bicyclic) bond motifs is 1. The molecule has 0 radical (unpaired) electrons. The summed E-state index contributed by atoms with van der Waals surface area (Å²) in [5.74, 6) is 1.07. The maximum Gasteiger partial charge on any atom is 0.222 e. The van der Waals surface area contributed by atoms with E-state index in [1.807, 2.05) is 0 Å². The number of likely N-dealkylation sites (tertiary alicyclic amines) is 1. The second-order valence-electron chi connectivity index (χ2n) is 8.10. The molecule has 5 heteroatoms. The smallest absolute Gasteiger partial charge is 0.222 e. The van der Waals surface area contributed by atoms with Crippen molar-refractivity contribution >= 4 is 23.2 Å². The molecule has 0 aromatic rings. The van der Waals surface area contributed by atoms with E-state index in [9.17, 15) is 4.79 Å². The average Bonchev–Trinajstić information content (AvgIpc) is 2.52. The number of hydrogen-bond acceptors (Lipinski definition) is 2. The van der Waals surface area contributed by atoms with E-state index in [1.165, 1.54) is 24.8 Å². The lowest BCUT2D eigenvalue weighted by atomic mass is 9.82. The number of carbonyl (C=O) groups is 1. The molecule has 0 aromatic carbocycles. The highest BCUT2D eigenvalue weighted by Gasteiger charge is 2.27. The summed E-state index contributed by atoms with van der Waals surface area (Å²) in [4.78, 5) is 14.5. The lowest BCUT2D eigenvalue weighted by molar-refractivity contribution is -0.131. The predicted octanol–water partition coefficient (Wildman–Crippen LogP) is 3.38. The van der Waals surface area contributed by atoms with Crippen LogP contribution in [-0.2, 0) is 4.79 Å². The number of amides is 1. The maximum atomic E-state index is 12.4. The Morgan fingerprint density at radius 3 is 2.88 bits per heavy atom. The van der Waals surface area contributed by atoms with Crippen LogP contribution < -0.4 is 10.6 Å². The highest BCUT2D eigenvalue weighted by Crippen LogP contribution is 2.32. The number of piperidine rings is 1. The van der Waals surface area contributed by atoms with E-state index in [0.717, 1.165) is 44.8 Å². The third-order valence-electron chi connectivity index (χ3n) is 4.75. The van der Waals surface area contributed by atoms with Gasteiger partial charge in [-0.15, -0.1) is 0 Å². The summed E-state index contributed by atoms with van der Waals surface area (Å²) in [6.07, 6.45) is 9.91. The van der Waals surface area contributed by atoms with Crippen molar-refractivity contribution in [3.63, 3.8) is 0 Å². The molecule has 2 aliphatic rings. The molecule has 1 fully saturated rings. The van der Waals surface area contributed by atoms with Crippen LogP contribution in [0.1, 0.15) is 65.7 Å². The van der Waals surface area contributed by atoms with Crippen molar-refractivity contribution in [1.29, 1.82) is 0 Å². The lowest BCUT2D eigenvalue weighted by Gasteiger charge is -2.36. The second-order valence-corrected chi connectivity index (χ2v) is 8.51. The molecule has 1 heterocycles. The van der Waals surface area contributed by atoms with Crippen LogP contribution in [0.5, 0.6) is 0 Å². The molecule has 2 rings (SSSR count). The van der Waals surface area contributed by atoms with Crippen LogP contribution in [0.25, 0.3) is 0 Å². The first-order chi connectivity index (χ1) is 11.3. The fourth-order valence-electron chi connectivity index (χ4n) is 3.50. The lowest BCUT2D eigenvalue weighted by Crippen LogP contribution is -2.46. The van der Waals surface area contributed by atoms with Crippen LogP contribution in [-0.4, -0.2) is 41.1 Å². The standard InChI is InChI=1S/C19H33N3OS/c1-19(2,3)21-18(24)20-12-7-6-10-17(23)22-13-11-15-8-4-5-9-16(15)14-22/h9,15H,4-8,10-14H2,1-3H3,(H2,20,21,24). The van der Waals surface area contributed by atoms with Gasteiger partial charge in [0.05, 0.1) is 0 Å². The minimum absolute atomic E-state index is 0.0139. The Morgan fingerprint density at radius 1 is 1.33 bits per heavy atom. The first-order valence-electron chi connectivity index (χ1n) is 9.38. The average molecular weight is 352 g/mol. The van der Waals surface area contributed by atoms with E-state index in [-0.39, 0.29) is 5.54 Å². The van der Waals surface area contributed by atoms with Gasteiger partial charge in [-0.3, -0.25) is 4.79 Å². The van der Waals surface area contributed by atoms with Crippen molar-refractivity contribution in [2.75, 3.05) is 19.6 Å². The second kappa shape index (κ2) is 8.84. The Labute approximate surface area is 152 Å². The largest absolute Gasteiger partial charge is 0.363 e. The van der Waals surface area contributed by atoms with E-state index >= 15 is 0 Å². The zero-order valence-electron chi connectivity index (χ0n) is 15.5. The molecule has 1 aliphatic heterocycles. The number of rotatable bonds is 5. The SMILES string of the molecule is CC(C)(C)NC(=S)NCCCCC(=O)N1CCC2CCCC=C2C1. The molecule has 1 saturated heterocycles. The zero-order valence-corrected chi connectivity index (χ0v) is 16.3. The van der Waals surface area contributed by atoms with Crippen LogP contribution >= 0.6 is 12.2 Å². The van der Waals surface area contributed by atoms with E-state index < -0.39 is 0 Å². The fourth-order valence-corrected chi connectivity index (χ4v) is 3.91. The van der Waals surface area contributed by atoms with Gasteiger partial charge in [0.1, 0.15) is 0 Å². The summed E-state index contributed by atoms with van der Waals surface area (Å²) in [7, 11) is 0. The van der Waals surface area contributed by atoms with Crippen molar-refractivity contribution in [2.45, 2.75) is 71.3 Å². The number of allylic oxidation sites excluding steroid dienone is 1. The number of unbranched alkanes of at least 4 members (excludes halogenated alkanes) is 1. The van der Waals surface area contributed by atoms with Crippen molar-refractivity contribution in [2.24, 2.45) is 5.92 Å². The van der Waals surface area contributed by atoms with E-state index in [1.54, 1.807) is 0 Å². The highest BCUT2D eigenvalue weighted by molar-refractivity contribution is 7.80. The Kier molecular flexibility index (Phi) is 7.08. The normalized spacial score (nSPS) is 20.9. The highest BCUT2D eigenvalue weighted by atomic mass is 32.1. The third-order valence-corrected chi connectivity index (χ3v) is 5.00. The van der Waals surface area contributed by atoms with Gasteiger partial charge in [0, 0.05) is 31.6 Å². The topological polar surface area (TPSA) is 44.4 Å². The first-order valence-corrected chi connectivity index (χ1v) is 9.79. The van der Waals surface area contributed by atoms with Gasteiger partial charge in [-0.1, -0.05) is 11.6 Å². The molecule has 24 heavy (non-hydrogen) atoms. The molecular formula is C19H33N3OS. The zero-order chi connectivity index (χ0) is 17.6. The summed E-state index contributed by atoms with van der Waals surface area (Å²) in [6, 6.07) is 0. The van der Waals surface area contributed by atoms with Gasteiger partial charge in [-0.05, 0) is 77.4 Å². The number of hydrogen-bond donors (Lipinski definition) is 2. The minimum Gasteiger partial charge on any atom is -0.363 e. The van der Waals surface area contributed by atoms with Gasteiger partial charge in [0.2, 0.25) is 5.91 Å². The van der Waals surface area contributed by atoms with Crippen molar-refractivity contribution in [3.05, 3.63) is 11.6 Å². The molecule has 4 nitrogen and oxygen atoms in total. The summed E-state index contributed by atoms with van der Waals surface area (Å²) in [5.41, 5.74) is 1.50. The molecule has 1 amide bonds. The molecule has 0 saturated carbocycles. The monoisotopic (exact) mass is 351 g/mol. The van der Waals surface area contributed by atoms with Crippen LogP contribution in [0, 0.1) is 5.92 Å². The van der Waals surface area contributed by atoms with Gasteiger partial charge in [-0.25, -0.2) is 0 Å². The van der Waals surface area contributed by atoms with Crippen LogP contribution in [0.3, 0.4) is 0 Å². The number of nitrogens with one attached hydrogen (secondary N) is 2. The van der Waals surface area contributed by atoms with Gasteiger partial charge in [0.15, 0.2) is 5.11 Å². The van der Waals surface area contributed by atoms with E-state index in [0.29, 0.717) is 17.4 Å². The summed E-state index contributed by atoms with van der Waals surface area (Å²) < 4.78 is 0. The predicted molar refractivity (Wildman–Crippen MR) is 104 cm³/mol. The van der Waals surface area contributed by atoms with Crippen LogP contribution in [0.2, 0.25) is 0 Å². The van der Waals surface area contributed by atoms with E-state index in [4.69, 9.17) is 12.2 Å². The Hall–Kier alpha value is -1.10. The molecule has 1 unspecified atom stereocenters. The summed E-state index contributed by atoms with van der Waals surface area (Å²) in [6.45, 7) is 8.90. The Morgan fingerprint density at radius 2 is 2.12 bits per heavy atom. The Bertz CT molecular complexity index is 481. The Balaban J connectivity index is 1.60. The van der Waals surface area contributed by atoms with Gasteiger partial charge < -0.3 is 15.5 Å². The third kappa shape index (κ3) is 6.42. The fraction of sp³-hybridized carbons (Fsp3) is 0.789. The van der Waals surface area contributed by atoms with Crippen LogP contribution in [0.15, 0.2) is 11.6 Å². The van der Waals surface area contributed by atoms with Crippen molar-refractivity contribution in [1.82, 2.24) is 15.5 Å². The molecule has 1 aliphatic carbocycles. The molecule has 2 N–H and O–H groups in total. The van der Waals surface area contributed by atoms with E-state index in [2.05, 4.69) is 42.4 Å². The molecule has 0 bridgehead atoms. The molecule has 0 spiro atoms. The molecule has 1 atom stereocenters. The number of carbonyl (C=O) groups excluding carboxylic acids is 1. The first kappa shape index (κ1) is 19.2. The number of thiocarbonyl (C=S) groups is 1. The van der Waals surface area contributed by atoms with Gasteiger partial charge in [-0.2, -0.15) is 0 Å². The minimum atomic E-state index is -0.0139. The van der Waals surface area contributed by atoms with Crippen molar-refractivity contribution < 1.29 is 4.79 Å². The van der Waals surface area contributed by atoms with Crippen molar-refractivity contribution in [3.8, 4) is 0 Å².